The van der Waals surface area contributed by atoms with Gasteiger partial charge in [0.25, 0.3) is 11.7 Å². The third-order valence-corrected chi connectivity index (χ3v) is 2.10. The second-order valence-corrected chi connectivity index (χ2v) is 3.21. The Kier molecular flexibility index (Phi) is 2.77. The lowest BCUT2D eigenvalue weighted by Gasteiger charge is -1.94. The van der Waals surface area contributed by atoms with E-state index >= 15 is 0 Å². The molecule has 0 aromatic carbocycles. The maximum absolute atomic E-state index is 11.3. The molecule has 2 rings (SSSR count). The van der Waals surface area contributed by atoms with Crippen LogP contribution in [-0.2, 0) is 11.8 Å². The highest BCUT2D eigenvalue weighted by atomic mass is 16.5. The monoisotopic (exact) mass is 237 g/mol. The normalized spacial score (nSPS) is 10.5. The van der Waals surface area contributed by atoms with Crippen LogP contribution in [0.15, 0.2) is 10.7 Å². The average Bonchev–Trinajstić information content (AvgIpc) is 2.88. The number of nitrogen functional groups attached to an aromatic ring is 1. The van der Waals surface area contributed by atoms with E-state index in [1.807, 2.05) is 0 Å². The number of ether oxygens (including phenoxy) is 1. The van der Waals surface area contributed by atoms with E-state index < -0.39 is 5.97 Å². The zero-order valence-corrected chi connectivity index (χ0v) is 9.38. The molecule has 0 aliphatic rings. The third-order valence-electron chi connectivity index (χ3n) is 2.10. The van der Waals surface area contributed by atoms with Crippen molar-refractivity contribution in [3.63, 3.8) is 0 Å². The number of carbonyl (C=O) groups excluding carboxylic acids is 1. The van der Waals surface area contributed by atoms with E-state index in [9.17, 15) is 4.79 Å². The van der Waals surface area contributed by atoms with Gasteiger partial charge in [-0.15, -0.1) is 0 Å². The van der Waals surface area contributed by atoms with Crippen molar-refractivity contribution in [2.24, 2.45) is 7.05 Å². The molecule has 0 atom stereocenters. The quantitative estimate of drug-likeness (QED) is 0.761. The molecular weight excluding hydrogens is 226 g/mol. The van der Waals surface area contributed by atoms with Crippen LogP contribution in [0.4, 0.5) is 5.82 Å². The lowest BCUT2D eigenvalue weighted by atomic mass is 10.3. The standard InChI is InChI=1S/C9H11N5O3/c1-3-16-9(15)7-12-8(17-13-7)5-4-11-14(2)6(5)10/h4H,3,10H2,1-2H3. The van der Waals surface area contributed by atoms with Gasteiger partial charge in [-0.25, -0.2) is 4.79 Å². The van der Waals surface area contributed by atoms with Gasteiger partial charge in [0.05, 0.1) is 12.8 Å². The number of hydrogen-bond donors (Lipinski definition) is 1. The van der Waals surface area contributed by atoms with Crippen LogP contribution in [-0.4, -0.2) is 32.5 Å². The van der Waals surface area contributed by atoms with Crippen molar-refractivity contribution in [2.75, 3.05) is 12.3 Å². The zero-order chi connectivity index (χ0) is 12.4. The summed E-state index contributed by atoms with van der Waals surface area (Å²) in [5.41, 5.74) is 6.22. The fraction of sp³-hybridized carbons (Fsp3) is 0.333. The van der Waals surface area contributed by atoms with E-state index in [4.69, 9.17) is 15.0 Å². The van der Waals surface area contributed by atoms with Crippen LogP contribution >= 0.6 is 0 Å². The second kappa shape index (κ2) is 4.24. The Balaban J connectivity index is 2.30. The van der Waals surface area contributed by atoms with Crippen molar-refractivity contribution >= 4 is 11.8 Å². The van der Waals surface area contributed by atoms with Gasteiger partial charge in [0.1, 0.15) is 11.4 Å². The van der Waals surface area contributed by atoms with Gasteiger partial charge in [-0.2, -0.15) is 10.1 Å². The summed E-state index contributed by atoms with van der Waals surface area (Å²) in [6.45, 7) is 1.94. The van der Waals surface area contributed by atoms with E-state index in [0.717, 1.165) is 0 Å². The first kappa shape index (κ1) is 11.1. The van der Waals surface area contributed by atoms with Gasteiger partial charge in [0.2, 0.25) is 0 Å². The van der Waals surface area contributed by atoms with Crippen molar-refractivity contribution in [2.45, 2.75) is 6.92 Å². The van der Waals surface area contributed by atoms with E-state index in [2.05, 4.69) is 15.2 Å². The molecule has 8 heteroatoms. The Hall–Kier alpha value is -2.38. The van der Waals surface area contributed by atoms with E-state index in [1.54, 1.807) is 14.0 Å². The number of anilines is 1. The molecule has 0 unspecified atom stereocenters. The third kappa shape index (κ3) is 1.96. The smallest absolute Gasteiger partial charge is 0.379 e. The maximum atomic E-state index is 11.3. The van der Waals surface area contributed by atoms with Gasteiger partial charge < -0.3 is 15.0 Å². The summed E-state index contributed by atoms with van der Waals surface area (Å²) in [6, 6.07) is 0. The minimum absolute atomic E-state index is 0.134. The van der Waals surface area contributed by atoms with Crippen LogP contribution in [0, 0.1) is 0 Å². The van der Waals surface area contributed by atoms with Gasteiger partial charge in [-0.1, -0.05) is 0 Å². The first-order valence-electron chi connectivity index (χ1n) is 4.92. The van der Waals surface area contributed by atoms with Crippen molar-refractivity contribution in [3.8, 4) is 11.5 Å². The lowest BCUT2D eigenvalue weighted by Crippen LogP contribution is -2.06. The molecule has 17 heavy (non-hydrogen) atoms. The van der Waals surface area contributed by atoms with Crippen molar-refractivity contribution in [3.05, 3.63) is 12.0 Å². The second-order valence-electron chi connectivity index (χ2n) is 3.21. The van der Waals surface area contributed by atoms with Crippen LogP contribution in [0.1, 0.15) is 17.5 Å². The highest BCUT2D eigenvalue weighted by Gasteiger charge is 2.19. The summed E-state index contributed by atoms with van der Waals surface area (Å²) < 4.78 is 11.1. The molecule has 2 N–H and O–H groups in total. The van der Waals surface area contributed by atoms with Gasteiger partial charge in [-0.3, -0.25) is 4.68 Å². The molecule has 2 aromatic rings. The first-order chi connectivity index (χ1) is 8.13. The van der Waals surface area contributed by atoms with Crippen molar-refractivity contribution in [1.82, 2.24) is 19.9 Å². The Bertz CT molecular complexity index is 545. The summed E-state index contributed by atoms with van der Waals surface area (Å²) in [7, 11) is 1.68. The molecule has 0 saturated carbocycles. The Morgan fingerprint density at radius 3 is 3.00 bits per heavy atom. The highest BCUT2D eigenvalue weighted by Crippen LogP contribution is 2.22. The summed E-state index contributed by atoms with van der Waals surface area (Å²) in [4.78, 5) is 15.2. The Morgan fingerprint density at radius 2 is 2.41 bits per heavy atom. The molecule has 2 aromatic heterocycles. The topological polar surface area (TPSA) is 109 Å². The molecule has 0 aliphatic heterocycles. The first-order valence-corrected chi connectivity index (χ1v) is 4.92. The molecule has 0 radical (unpaired) electrons. The molecular formula is C9H11N5O3. The Morgan fingerprint density at radius 1 is 1.65 bits per heavy atom. The molecule has 0 fully saturated rings. The fourth-order valence-corrected chi connectivity index (χ4v) is 1.22. The zero-order valence-electron chi connectivity index (χ0n) is 9.38. The summed E-state index contributed by atoms with van der Waals surface area (Å²) in [5.74, 6) is -0.252. The predicted octanol–water partition coefficient (Wildman–Crippen LogP) is 0.229. The molecule has 8 nitrogen and oxygen atoms in total. The number of esters is 1. The molecule has 0 saturated heterocycles. The van der Waals surface area contributed by atoms with Crippen LogP contribution in [0.2, 0.25) is 0 Å². The van der Waals surface area contributed by atoms with Crippen LogP contribution in [0.3, 0.4) is 0 Å². The number of carbonyl (C=O) groups is 1. The highest BCUT2D eigenvalue weighted by molar-refractivity contribution is 5.85. The van der Waals surface area contributed by atoms with Crippen LogP contribution < -0.4 is 5.73 Å². The minimum Gasteiger partial charge on any atom is -0.460 e. The number of nitrogens with zero attached hydrogens (tertiary/aromatic N) is 4. The average molecular weight is 237 g/mol. The largest absolute Gasteiger partial charge is 0.460 e. The van der Waals surface area contributed by atoms with E-state index in [1.165, 1.54) is 10.9 Å². The Labute approximate surface area is 96.4 Å². The number of rotatable bonds is 3. The number of aromatic nitrogens is 4. The number of hydrogen-bond acceptors (Lipinski definition) is 7. The fourth-order valence-electron chi connectivity index (χ4n) is 1.22. The van der Waals surface area contributed by atoms with Crippen molar-refractivity contribution < 1.29 is 14.1 Å². The van der Waals surface area contributed by atoms with Gasteiger partial charge in [0, 0.05) is 7.05 Å². The van der Waals surface area contributed by atoms with E-state index in [0.29, 0.717) is 11.4 Å². The molecule has 2 heterocycles. The summed E-state index contributed by atoms with van der Waals surface area (Å²) >= 11 is 0. The molecule has 0 aliphatic carbocycles. The van der Waals surface area contributed by atoms with Crippen LogP contribution in [0.25, 0.3) is 11.5 Å². The summed E-state index contributed by atoms with van der Waals surface area (Å²) in [6.07, 6.45) is 1.48. The molecule has 90 valence electrons. The van der Waals surface area contributed by atoms with Gasteiger partial charge in [0.15, 0.2) is 0 Å². The van der Waals surface area contributed by atoms with E-state index in [-0.39, 0.29) is 18.3 Å². The van der Waals surface area contributed by atoms with Crippen LogP contribution in [0.5, 0.6) is 0 Å². The maximum Gasteiger partial charge on any atom is 0.379 e. The molecule has 0 amide bonds. The number of aryl methyl sites for hydroxylation is 1. The van der Waals surface area contributed by atoms with Crippen molar-refractivity contribution in [1.29, 1.82) is 0 Å². The summed E-state index contributed by atoms with van der Waals surface area (Å²) in [5, 5.41) is 7.44. The lowest BCUT2D eigenvalue weighted by molar-refractivity contribution is 0.0508. The molecule has 0 spiro atoms. The minimum atomic E-state index is -0.634. The van der Waals surface area contributed by atoms with Gasteiger partial charge in [-0.05, 0) is 12.1 Å². The van der Waals surface area contributed by atoms with Gasteiger partial charge >= 0.3 is 5.97 Å². The SMILES string of the molecule is CCOC(=O)c1noc(-c2cnn(C)c2N)n1. The predicted molar refractivity (Wildman–Crippen MR) is 56.9 cm³/mol. The number of nitrogens with two attached hydrogens (primary N) is 1. The molecule has 0 bridgehead atoms.